The van der Waals surface area contributed by atoms with Gasteiger partial charge in [0.1, 0.15) is 5.75 Å². The highest BCUT2D eigenvalue weighted by atomic mass is 35.5. The number of ether oxygens (including phenoxy) is 1. The quantitative estimate of drug-likeness (QED) is 0.585. The van der Waals surface area contributed by atoms with Gasteiger partial charge in [0.15, 0.2) is 0 Å². The van der Waals surface area contributed by atoms with Crippen LogP contribution >= 0.6 is 11.6 Å². The molecule has 3 aromatic carbocycles. The van der Waals surface area contributed by atoms with Gasteiger partial charge in [0.2, 0.25) is 0 Å². The van der Waals surface area contributed by atoms with Crippen molar-refractivity contribution in [1.29, 1.82) is 0 Å². The minimum Gasteiger partial charge on any atom is -0.495 e. The second-order valence-electron chi connectivity index (χ2n) is 6.57. The summed E-state index contributed by atoms with van der Waals surface area (Å²) in [5.41, 5.74) is 4.38. The summed E-state index contributed by atoms with van der Waals surface area (Å²) in [4.78, 5) is 14.9. The molecule has 28 heavy (non-hydrogen) atoms. The first-order valence-electron chi connectivity index (χ1n) is 8.96. The van der Waals surface area contributed by atoms with E-state index in [1.165, 1.54) is 11.1 Å². The van der Waals surface area contributed by atoms with Crippen LogP contribution in [-0.2, 0) is 13.1 Å². The summed E-state index contributed by atoms with van der Waals surface area (Å²) in [7, 11) is 1.59. The summed E-state index contributed by atoms with van der Waals surface area (Å²) in [6.07, 6.45) is 0. The molecule has 4 heteroatoms. The monoisotopic (exact) mass is 387 g/mol. The van der Waals surface area contributed by atoms with E-state index in [9.17, 15) is 4.79 Å². The molecular formula is C24H18ClNO2. The summed E-state index contributed by atoms with van der Waals surface area (Å²) in [5, 5.41) is 0.594. The average Bonchev–Trinajstić information content (AvgIpc) is 3.16. The number of carbonyl (C=O) groups excluding carboxylic acids is 1. The topological polar surface area (TPSA) is 29.5 Å². The average molecular weight is 388 g/mol. The summed E-state index contributed by atoms with van der Waals surface area (Å²) < 4.78 is 5.41. The maximum Gasteiger partial charge on any atom is 0.254 e. The summed E-state index contributed by atoms with van der Waals surface area (Å²) in [6, 6.07) is 20.9. The molecule has 1 aliphatic heterocycles. The van der Waals surface area contributed by atoms with E-state index in [-0.39, 0.29) is 5.91 Å². The van der Waals surface area contributed by atoms with E-state index in [2.05, 4.69) is 24.0 Å². The molecule has 0 N–H and O–H groups in total. The maximum atomic E-state index is 13.0. The van der Waals surface area contributed by atoms with Crippen molar-refractivity contribution in [2.75, 3.05) is 7.11 Å². The second kappa shape index (κ2) is 7.80. The van der Waals surface area contributed by atoms with Gasteiger partial charge in [-0.05, 0) is 41.5 Å². The largest absolute Gasteiger partial charge is 0.495 e. The molecule has 138 valence electrons. The lowest BCUT2D eigenvalue weighted by Crippen LogP contribution is -2.25. The van der Waals surface area contributed by atoms with E-state index in [4.69, 9.17) is 16.3 Å². The first-order valence-corrected chi connectivity index (χ1v) is 9.34. The van der Waals surface area contributed by atoms with Crippen LogP contribution in [-0.4, -0.2) is 17.9 Å². The molecule has 0 radical (unpaired) electrons. The molecular weight excluding hydrogens is 370 g/mol. The van der Waals surface area contributed by atoms with Crippen molar-refractivity contribution < 1.29 is 9.53 Å². The molecule has 1 aliphatic rings. The number of hydrogen-bond acceptors (Lipinski definition) is 2. The Balaban J connectivity index is 1.63. The molecule has 0 aliphatic carbocycles. The Morgan fingerprint density at radius 1 is 0.929 bits per heavy atom. The molecule has 0 unspecified atom stereocenters. The number of fused-ring (bicyclic) bond motifs is 1. The van der Waals surface area contributed by atoms with Gasteiger partial charge in [0.25, 0.3) is 5.91 Å². The number of hydrogen-bond donors (Lipinski definition) is 0. The number of methoxy groups -OCH3 is 1. The molecule has 1 amide bonds. The van der Waals surface area contributed by atoms with Crippen LogP contribution in [0.3, 0.4) is 0 Å². The predicted octanol–water partition coefficient (Wildman–Crippen LogP) is 4.90. The third kappa shape index (κ3) is 3.60. The van der Waals surface area contributed by atoms with Crippen LogP contribution < -0.4 is 4.74 Å². The Labute approximate surface area is 169 Å². The van der Waals surface area contributed by atoms with Gasteiger partial charge < -0.3 is 9.64 Å². The predicted molar refractivity (Wildman–Crippen MR) is 110 cm³/mol. The van der Waals surface area contributed by atoms with Gasteiger partial charge in [0.05, 0.1) is 17.7 Å². The smallest absolute Gasteiger partial charge is 0.254 e. The fourth-order valence-corrected chi connectivity index (χ4v) is 3.48. The van der Waals surface area contributed by atoms with Gasteiger partial charge in [-0.3, -0.25) is 4.79 Å². The Bertz CT molecular complexity index is 1090. The Kier molecular flexibility index (Phi) is 5.06. The van der Waals surface area contributed by atoms with Crippen molar-refractivity contribution in [2.24, 2.45) is 0 Å². The highest BCUT2D eigenvalue weighted by Crippen LogP contribution is 2.26. The maximum absolute atomic E-state index is 13.0. The van der Waals surface area contributed by atoms with Crippen LogP contribution in [0.4, 0.5) is 0 Å². The highest BCUT2D eigenvalue weighted by molar-refractivity contribution is 6.31. The lowest BCUT2D eigenvalue weighted by Gasteiger charge is -2.16. The number of carbonyl (C=O) groups is 1. The van der Waals surface area contributed by atoms with Crippen LogP contribution in [0.2, 0.25) is 5.02 Å². The van der Waals surface area contributed by atoms with Crippen LogP contribution in [0.1, 0.15) is 32.6 Å². The zero-order valence-corrected chi connectivity index (χ0v) is 16.2. The number of halogens is 1. The van der Waals surface area contributed by atoms with E-state index in [1.807, 2.05) is 35.2 Å². The van der Waals surface area contributed by atoms with Gasteiger partial charge in [-0.15, -0.1) is 0 Å². The SMILES string of the molecule is COc1ccc(C(=O)N2Cc3ccccc3C2)cc1C#Cc1ccccc1Cl. The molecule has 4 rings (SSSR count). The van der Waals surface area contributed by atoms with Crippen molar-refractivity contribution >= 4 is 17.5 Å². The summed E-state index contributed by atoms with van der Waals surface area (Å²) in [6.45, 7) is 1.25. The summed E-state index contributed by atoms with van der Waals surface area (Å²) >= 11 is 6.18. The van der Waals surface area contributed by atoms with Crippen molar-refractivity contribution in [3.8, 4) is 17.6 Å². The fourth-order valence-electron chi connectivity index (χ4n) is 3.30. The Morgan fingerprint density at radius 3 is 2.25 bits per heavy atom. The van der Waals surface area contributed by atoms with Gasteiger partial charge >= 0.3 is 0 Å². The van der Waals surface area contributed by atoms with Crippen molar-refractivity contribution in [1.82, 2.24) is 4.90 Å². The molecule has 0 saturated carbocycles. The van der Waals surface area contributed by atoms with E-state index in [0.717, 1.165) is 5.56 Å². The Hall–Kier alpha value is -3.22. The summed E-state index contributed by atoms with van der Waals surface area (Å²) in [5.74, 6) is 6.77. The van der Waals surface area contributed by atoms with Gasteiger partial charge in [-0.2, -0.15) is 0 Å². The van der Waals surface area contributed by atoms with Gasteiger partial charge in [0, 0.05) is 24.2 Å². The van der Waals surface area contributed by atoms with Crippen LogP contribution in [0, 0.1) is 11.8 Å². The van der Waals surface area contributed by atoms with E-state index in [1.54, 1.807) is 31.4 Å². The van der Waals surface area contributed by atoms with Crippen molar-refractivity contribution in [3.05, 3.63) is 99.6 Å². The Morgan fingerprint density at radius 2 is 1.57 bits per heavy atom. The molecule has 3 nitrogen and oxygen atoms in total. The van der Waals surface area contributed by atoms with E-state index < -0.39 is 0 Å². The number of benzene rings is 3. The first kappa shape index (κ1) is 18.2. The second-order valence-corrected chi connectivity index (χ2v) is 6.98. The zero-order chi connectivity index (χ0) is 19.5. The molecule has 0 aromatic heterocycles. The van der Waals surface area contributed by atoms with Crippen molar-refractivity contribution in [3.63, 3.8) is 0 Å². The molecule has 0 atom stereocenters. The van der Waals surface area contributed by atoms with E-state index >= 15 is 0 Å². The normalized spacial score (nSPS) is 12.1. The fraction of sp³-hybridized carbons (Fsp3) is 0.125. The highest BCUT2D eigenvalue weighted by Gasteiger charge is 2.24. The minimum absolute atomic E-state index is 0.0142. The zero-order valence-electron chi connectivity index (χ0n) is 15.4. The van der Waals surface area contributed by atoms with Crippen LogP contribution in [0.25, 0.3) is 0 Å². The third-order valence-electron chi connectivity index (χ3n) is 4.78. The molecule has 0 saturated heterocycles. The molecule has 0 fully saturated rings. The van der Waals surface area contributed by atoms with Crippen molar-refractivity contribution in [2.45, 2.75) is 13.1 Å². The number of amides is 1. The third-order valence-corrected chi connectivity index (χ3v) is 5.11. The minimum atomic E-state index is -0.0142. The number of nitrogens with zero attached hydrogens (tertiary/aromatic N) is 1. The lowest BCUT2D eigenvalue weighted by atomic mass is 10.1. The van der Waals surface area contributed by atoms with Gasteiger partial charge in [-0.25, -0.2) is 0 Å². The van der Waals surface area contributed by atoms with Crippen LogP contribution in [0.15, 0.2) is 66.7 Å². The van der Waals surface area contributed by atoms with Gasteiger partial charge in [-0.1, -0.05) is 59.8 Å². The standard InChI is InChI=1S/C24H18ClNO2/c1-28-23-13-12-19(14-18(23)11-10-17-6-4-5-9-22(17)25)24(27)26-15-20-7-2-3-8-21(20)16-26/h2-9,12-14H,15-16H2,1H3. The number of rotatable bonds is 2. The first-order chi connectivity index (χ1) is 13.7. The molecule has 1 heterocycles. The lowest BCUT2D eigenvalue weighted by molar-refractivity contribution is 0.0751. The molecule has 0 spiro atoms. The van der Waals surface area contributed by atoms with E-state index in [0.29, 0.717) is 35.0 Å². The van der Waals surface area contributed by atoms with Crippen LogP contribution in [0.5, 0.6) is 5.75 Å². The molecule has 3 aromatic rings. The molecule has 0 bridgehead atoms.